The minimum atomic E-state index is -4.63. The number of hydrogen-bond donors (Lipinski definition) is 1. The first-order valence-corrected chi connectivity index (χ1v) is 8.02. The molecule has 0 bridgehead atoms. The lowest BCUT2D eigenvalue weighted by molar-refractivity contribution is -0.143. The second-order valence-corrected chi connectivity index (χ2v) is 6.92. The highest BCUT2D eigenvalue weighted by atomic mass is 32.2. The van der Waals surface area contributed by atoms with Crippen molar-refractivity contribution in [2.24, 2.45) is 5.92 Å². The minimum absolute atomic E-state index is 0.0458. The van der Waals surface area contributed by atoms with E-state index in [4.69, 9.17) is 5.11 Å². The van der Waals surface area contributed by atoms with Crippen molar-refractivity contribution in [3.8, 4) is 0 Å². The largest absolute Gasteiger partial charge is 0.481 e. The van der Waals surface area contributed by atoms with Gasteiger partial charge in [0.25, 0.3) is 10.2 Å². The summed E-state index contributed by atoms with van der Waals surface area (Å²) in [4.78, 5) is 10.9. The average Bonchev–Trinajstić information content (AvgIpc) is 2.37. The molecule has 1 fully saturated rings. The monoisotopic (exact) mass is 332 g/mol. The topological polar surface area (TPSA) is 77.9 Å². The summed E-state index contributed by atoms with van der Waals surface area (Å²) in [5.41, 5.74) is 0. The van der Waals surface area contributed by atoms with Crippen LogP contribution in [0.4, 0.5) is 13.2 Å². The van der Waals surface area contributed by atoms with Gasteiger partial charge in [-0.25, -0.2) is 0 Å². The maximum Gasteiger partial charge on any atom is 0.402 e. The van der Waals surface area contributed by atoms with E-state index in [2.05, 4.69) is 0 Å². The number of hydrogen-bond acceptors (Lipinski definition) is 3. The number of alkyl halides is 3. The fraction of sp³-hybridized carbons (Fsp3) is 0.909. The fourth-order valence-corrected chi connectivity index (χ4v) is 4.02. The van der Waals surface area contributed by atoms with Crippen molar-refractivity contribution in [2.45, 2.75) is 32.4 Å². The molecule has 0 spiro atoms. The zero-order valence-electron chi connectivity index (χ0n) is 11.6. The Morgan fingerprint density at radius 3 is 2.52 bits per heavy atom. The number of carboxylic acids is 1. The van der Waals surface area contributed by atoms with Crippen molar-refractivity contribution in [3.63, 3.8) is 0 Å². The van der Waals surface area contributed by atoms with E-state index in [-0.39, 0.29) is 26.1 Å². The van der Waals surface area contributed by atoms with Crippen molar-refractivity contribution in [2.75, 3.05) is 26.2 Å². The van der Waals surface area contributed by atoms with Gasteiger partial charge in [0.05, 0.1) is 5.92 Å². The van der Waals surface area contributed by atoms with Crippen LogP contribution in [0.25, 0.3) is 0 Å². The maximum atomic E-state index is 12.5. The Kier molecular flexibility index (Phi) is 6.00. The number of rotatable bonds is 6. The average molecular weight is 332 g/mol. The molecular weight excluding hydrogens is 313 g/mol. The molecule has 1 N–H and O–H groups in total. The smallest absolute Gasteiger partial charge is 0.402 e. The van der Waals surface area contributed by atoms with Gasteiger partial charge < -0.3 is 5.11 Å². The molecule has 0 saturated carbocycles. The zero-order valence-corrected chi connectivity index (χ0v) is 12.5. The lowest BCUT2D eigenvalue weighted by atomic mass is 10.0. The molecule has 1 aliphatic rings. The van der Waals surface area contributed by atoms with E-state index in [0.29, 0.717) is 17.1 Å². The van der Waals surface area contributed by atoms with Crippen LogP contribution in [-0.2, 0) is 15.0 Å². The molecule has 0 aromatic rings. The first-order chi connectivity index (χ1) is 9.58. The standard InChI is InChI=1S/C11H19F3N2O4S/c1-2-5-16(8-11(12,13)14)21(19,20)15-6-3-4-9(7-15)10(17)18/h9H,2-8H2,1H3,(H,17,18). The predicted octanol–water partition coefficient (Wildman–Crippen LogP) is 1.30. The molecule has 1 rings (SSSR count). The van der Waals surface area contributed by atoms with Gasteiger partial charge in [0, 0.05) is 19.6 Å². The highest BCUT2D eigenvalue weighted by Gasteiger charge is 2.40. The van der Waals surface area contributed by atoms with E-state index < -0.39 is 34.8 Å². The van der Waals surface area contributed by atoms with Gasteiger partial charge in [0.15, 0.2) is 0 Å². The molecule has 1 atom stereocenters. The fourth-order valence-electron chi connectivity index (χ4n) is 2.24. The van der Waals surface area contributed by atoms with Crippen LogP contribution in [-0.4, -0.2) is 60.5 Å². The highest BCUT2D eigenvalue weighted by molar-refractivity contribution is 7.86. The Morgan fingerprint density at radius 2 is 2.05 bits per heavy atom. The first kappa shape index (κ1) is 18.2. The molecule has 10 heteroatoms. The Bertz CT molecular complexity index is 467. The second-order valence-electron chi connectivity index (χ2n) is 4.99. The predicted molar refractivity (Wildman–Crippen MR) is 68.8 cm³/mol. The summed E-state index contributed by atoms with van der Waals surface area (Å²) in [5, 5.41) is 8.94. The van der Waals surface area contributed by atoms with E-state index in [1.807, 2.05) is 0 Å². The Morgan fingerprint density at radius 1 is 1.43 bits per heavy atom. The number of piperidine rings is 1. The molecule has 0 aromatic heterocycles. The molecule has 0 aliphatic carbocycles. The molecular formula is C11H19F3N2O4S. The molecule has 0 amide bonds. The van der Waals surface area contributed by atoms with Crippen LogP contribution in [0.3, 0.4) is 0 Å². The van der Waals surface area contributed by atoms with Crippen LogP contribution < -0.4 is 0 Å². The Balaban J connectivity index is 2.91. The summed E-state index contributed by atoms with van der Waals surface area (Å²) in [6, 6.07) is 0. The van der Waals surface area contributed by atoms with Gasteiger partial charge in [-0.1, -0.05) is 6.92 Å². The van der Waals surface area contributed by atoms with Gasteiger partial charge in [-0.3, -0.25) is 4.79 Å². The summed E-state index contributed by atoms with van der Waals surface area (Å²) in [5.74, 6) is -2.00. The van der Waals surface area contributed by atoms with Gasteiger partial charge in [0.1, 0.15) is 6.54 Å². The molecule has 0 aromatic carbocycles. The van der Waals surface area contributed by atoms with Crippen LogP contribution in [0.1, 0.15) is 26.2 Å². The number of halogens is 3. The third kappa shape index (κ3) is 5.11. The molecule has 1 heterocycles. The van der Waals surface area contributed by atoms with Crippen molar-refractivity contribution >= 4 is 16.2 Å². The summed E-state index contributed by atoms with van der Waals surface area (Å²) in [6.07, 6.45) is -3.74. The molecule has 124 valence electrons. The Labute approximate surface area is 121 Å². The SMILES string of the molecule is CCCN(CC(F)(F)F)S(=O)(=O)N1CCCC(C(=O)O)C1. The summed E-state index contributed by atoms with van der Waals surface area (Å²) >= 11 is 0. The van der Waals surface area contributed by atoms with E-state index in [1.54, 1.807) is 6.92 Å². The molecule has 0 radical (unpaired) electrons. The molecule has 1 unspecified atom stereocenters. The first-order valence-electron chi connectivity index (χ1n) is 6.62. The molecule has 1 aliphatic heterocycles. The van der Waals surface area contributed by atoms with Gasteiger partial charge in [0.2, 0.25) is 0 Å². The van der Waals surface area contributed by atoms with E-state index in [1.165, 1.54) is 0 Å². The van der Waals surface area contributed by atoms with E-state index in [9.17, 15) is 26.4 Å². The van der Waals surface area contributed by atoms with Gasteiger partial charge in [-0.2, -0.15) is 30.2 Å². The van der Waals surface area contributed by atoms with Gasteiger partial charge >= 0.3 is 12.1 Å². The molecule has 21 heavy (non-hydrogen) atoms. The van der Waals surface area contributed by atoms with E-state index >= 15 is 0 Å². The lowest BCUT2D eigenvalue weighted by Gasteiger charge is -2.34. The van der Waals surface area contributed by atoms with Crippen molar-refractivity contribution < 1.29 is 31.5 Å². The van der Waals surface area contributed by atoms with Crippen LogP contribution in [0, 0.1) is 5.92 Å². The number of carboxylic acid groups (broad SMARTS) is 1. The summed E-state index contributed by atoms with van der Waals surface area (Å²) < 4.78 is 63.3. The second kappa shape index (κ2) is 6.93. The van der Waals surface area contributed by atoms with Crippen molar-refractivity contribution in [1.29, 1.82) is 0 Å². The number of nitrogens with zero attached hydrogens (tertiary/aromatic N) is 2. The zero-order chi connectivity index (χ0) is 16.3. The normalized spacial score (nSPS) is 21.7. The van der Waals surface area contributed by atoms with E-state index in [0.717, 1.165) is 4.31 Å². The Hall–Kier alpha value is -0.870. The van der Waals surface area contributed by atoms with Crippen molar-refractivity contribution in [3.05, 3.63) is 0 Å². The maximum absolute atomic E-state index is 12.5. The molecule has 6 nitrogen and oxygen atoms in total. The third-order valence-electron chi connectivity index (χ3n) is 3.21. The van der Waals surface area contributed by atoms with Gasteiger partial charge in [-0.15, -0.1) is 0 Å². The van der Waals surface area contributed by atoms with Gasteiger partial charge in [-0.05, 0) is 19.3 Å². The van der Waals surface area contributed by atoms with Crippen molar-refractivity contribution in [1.82, 2.24) is 8.61 Å². The third-order valence-corrected chi connectivity index (χ3v) is 5.16. The van der Waals surface area contributed by atoms with Crippen LogP contribution in [0.2, 0.25) is 0 Å². The van der Waals surface area contributed by atoms with Crippen LogP contribution >= 0.6 is 0 Å². The molecule has 1 saturated heterocycles. The highest BCUT2D eigenvalue weighted by Crippen LogP contribution is 2.24. The van der Waals surface area contributed by atoms with Crippen LogP contribution in [0.5, 0.6) is 0 Å². The quantitative estimate of drug-likeness (QED) is 0.795. The summed E-state index contributed by atoms with van der Waals surface area (Å²) in [7, 11) is -4.30. The lowest BCUT2D eigenvalue weighted by Crippen LogP contribution is -2.51. The minimum Gasteiger partial charge on any atom is -0.481 e. The summed E-state index contributed by atoms with van der Waals surface area (Å²) in [6.45, 7) is -0.470. The number of carbonyl (C=O) groups is 1. The number of aliphatic carboxylic acids is 1. The van der Waals surface area contributed by atoms with Crippen LogP contribution in [0.15, 0.2) is 0 Å².